The third-order valence-corrected chi connectivity index (χ3v) is 2.05. The highest BCUT2D eigenvalue weighted by Gasteiger charge is 2.33. The molecule has 0 aliphatic heterocycles. The van der Waals surface area contributed by atoms with Crippen LogP contribution in [-0.4, -0.2) is 15.3 Å². The number of alkyl halides is 3. The molecule has 0 saturated carbocycles. The van der Waals surface area contributed by atoms with E-state index in [2.05, 4.69) is 5.10 Å². The molecule has 1 aromatic heterocycles. The molecule has 2 N–H and O–H groups in total. The lowest BCUT2D eigenvalue weighted by Gasteiger charge is -2.00. The zero-order valence-electron chi connectivity index (χ0n) is 7.92. The average molecular weight is 228 g/mol. The molecule has 0 fully saturated rings. The summed E-state index contributed by atoms with van der Waals surface area (Å²) in [6.45, 7) is 0. The maximum absolute atomic E-state index is 12.3. The Bertz CT molecular complexity index is 488. The van der Waals surface area contributed by atoms with Crippen molar-refractivity contribution in [3.63, 3.8) is 0 Å². The molecule has 3 nitrogen and oxygen atoms in total. The van der Waals surface area contributed by atoms with E-state index in [1.165, 1.54) is 24.3 Å². The Hall–Kier alpha value is -1.98. The predicted molar refractivity (Wildman–Crippen MR) is 50.7 cm³/mol. The molecule has 6 heteroatoms. The summed E-state index contributed by atoms with van der Waals surface area (Å²) in [5.74, 6) is 0.0512. The number of aromatic nitrogens is 2. The lowest BCUT2D eigenvalue weighted by Crippen LogP contribution is -2.04. The highest BCUT2D eigenvalue weighted by molar-refractivity contribution is 5.60. The van der Waals surface area contributed by atoms with Crippen LogP contribution in [0.4, 0.5) is 13.2 Å². The Balaban J connectivity index is 2.35. The Labute approximate surface area is 88.5 Å². The monoisotopic (exact) mass is 228 g/mol. The summed E-state index contributed by atoms with van der Waals surface area (Å²) in [7, 11) is 0. The van der Waals surface area contributed by atoms with Gasteiger partial charge in [-0.05, 0) is 30.3 Å². The van der Waals surface area contributed by atoms with E-state index in [9.17, 15) is 13.2 Å². The van der Waals surface area contributed by atoms with Crippen LogP contribution in [0.25, 0.3) is 11.3 Å². The van der Waals surface area contributed by atoms with E-state index in [-0.39, 0.29) is 11.4 Å². The van der Waals surface area contributed by atoms with E-state index >= 15 is 0 Å². The first-order valence-corrected chi connectivity index (χ1v) is 4.39. The number of H-pyrrole nitrogens is 1. The van der Waals surface area contributed by atoms with E-state index in [4.69, 9.17) is 5.11 Å². The normalized spacial score (nSPS) is 11.7. The van der Waals surface area contributed by atoms with Crippen molar-refractivity contribution in [2.75, 3.05) is 0 Å². The number of phenols is 1. The Morgan fingerprint density at radius 2 is 1.75 bits per heavy atom. The van der Waals surface area contributed by atoms with Crippen molar-refractivity contribution in [3.8, 4) is 17.0 Å². The third kappa shape index (κ3) is 2.00. The van der Waals surface area contributed by atoms with Crippen molar-refractivity contribution < 1.29 is 18.3 Å². The number of hydrogen-bond acceptors (Lipinski definition) is 2. The topological polar surface area (TPSA) is 48.9 Å². The first kappa shape index (κ1) is 10.5. The highest BCUT2D eigenvalue weighted by atomic mass is 19.4. The second kappa shape index (κ2) is 3.55. The van der Waals surface area contributed by atoms with E-state index in [0.29, 0.717) is 5.56 Å². The van der Waals surface area contributed by atoms with Gasteiger partial charge in [0.25, 0.3) is 0 Å². The van der Waals surface area contributed by atoms with Crippen molar-refractivity contribution in [2.24, 2.45) is 0 Å². The van der Waals surface area contributed by atoms with Crippen LogP contribution in [0.2, 0.25) is 0 Å². The molecule has 0 atom stereocenters. The number of phenolic OH excluding ortho intramolecular Hbond substituents is 1. The molecule has 0 aliphatic rings. The zero-order valence-corrected chi connectivity index (χ0v) is 7.92. The SMILES string of the molecule is Oc1ccc(-c2cc(C(F)(F)F)[nH]n2)cc1. The van der Waals surface area contributed by atoms with E-state index in [0.717, 1.165) is 6.07 Å². The smallest absolute Gasteiger partial charge is 0.432 e. The van der Waals surface area contributed by atoms with Crippen LogP contribution in [0, 0.1) is 0 Å². The average Bonchev–Trinajstić information content (AvgIpc) is 2.67. The number of hydrogen-bond donors (Lipinski definition) is 2. The van der Waals surface area contributed by atoms with Crippen molar-refractivity contribution in [2.45, 2.75) is 6.18 Å². The molecule has 1 aromatic carbocycles. The minimum atomic E-state index is -4.43. The van der Waals surface area contributed by atoms with Crippen molar-refractivity contribution >= 4 is 0 Å². The van der Waals surface area contributed by atoms with Gasteiger partial charge < -0.3 is 5.11 Å². The lowest BCUT2D eigenvalue weighted by molar-refractivity contribution is -0.141. The van der Waals surface area contributed by atoms with Gasteiger partial charge in [-0.3, -0.25) is 5.10 Å². The van der Waals surface area contributed by atoms with E-state index < -0.39 is 11.9 Å². The first-order chi connectivity index (χ1) is 7.47. The molecule has 2 aromatic rings. The van der Waals surface area contributed by atoms with E-state index in [1.807, 2.05) is 5.10 Å². The molecular formula is C10H7F3N2O. The maximum Gasteiger partial charge on any atom is 0.432 e. The molecule has 0 amide bonds. The van der Waals surface area contributed by atoms with Crippen LogP contribution in [0.15, 0.2) is 30.3 Å². The van der Waals surface area contributed by atoms with Gasteiger partial charge >= 0.3 is 6.18 Å². The molecule has 1 heterocycles. The standard InChI is InChI=1S/C10H7F3N2O/c11-10(12,13)9-5-8(14-15-9)6-1-3-7(16)4-2-6/h1-5,16H,(H,14,15). The molecule has 0 bridgehead atoms. The minimum absolute atomic E-state index is 0.0512. The predicted octanol–water partition coefficient (Wildman–Crippen LogP) is 2.80. The Kier molecular flexibility index (Phi) is 2.34. The van der Waals surface area contributed by atoms with E-state index in [1.54, 1.807) is 0 Å². The van der Waals surface area contributed by atoms with Gasteiger partial charge in [0.05, 0.1) is 5.69 Å². The van der Waals surface area contributed by atoms with Crippen molar-refractivity contribution in [1.29, 1.82) is 0 Å². The molecule has 0 spiro atoms. The lowest BCUT2D eigenvalue weighted by atomic mass is 10.1. The molecule has 2 rings (SSSR count). The summed E-state index contributed by atoms with van der Waals surface area (Å²) >= 11 is 0. The number of aromatic hydroxyl groups is 1. The summed E-state index contributed by atoms with van der Waals surface area (Å²) in [5, 5.41) is 14.5. The van der Waals surface area contributed by atoms with Crippen LogP contribution in [0.3, 0.4) is 0 Å². The fourth-order valence-electron chi connectivity index (χ4n) is 1.25. The molecule has 84 valence electrons. The highest BCUT2D eigenvalue weighted by Crippen LogP contribution is 2.30. The summed E-state index contributed by atoms with van der Waals surface area (Å²) in [6, 6.07) is 6.68. The summed E-state index contributed by atoms with van der Waals surface area (Å²) in [5.41, 5.74) is -0.201. The minimum Gasteiger partial charge on any atom is -0.508 e. The van der Waals surface area contributed by atoms with Crippen LogP contribution in [0.1, 0.15) is 5.69 Å². The van der Waals surface area contributed by atoms with Gasteiger partial charge in [-0.25, -0.2) is 0 Å². The Morgan fingerprint density at radius 3 is 2.25 bits per heavy atom. The summed E-state index contributed by atoms with van der Waals surface area (Å²) in [6.07, 6.45) is -4.43. The fraction of sp³-hybridized carbons (Fsp3) is 0.100. The van der Waals surface area contributed by atoms with Crippen molar-refractivity contribution in [3.05, 3.63) is 36.0 Å². The van der Waals surface area contributed by atoms with Gasteiger partial charge in [-0.2, -0.15) is 18.3 Å². The Morgan fingerprint density at radius 1 is 1.12 bits per heavy atom. The van der Waals surface area contributed by atoms with Crippen LogP contribution in [0.5, 0.6) is 5.75 Å². The summed E-state index contributed by atoms with van der Waals surface area (Å²) < 4.78 is 36.8. The number of halogens is 3. The largest absolute Gasteiger partial charge is 0.508 e. The van der Waals surface area contributed by atoms with Gasteiger partial charge in [0.15, 0.2) is 0 Å². The van der Waals surface area contributed by atoms with Gasteiger partial charge in [0.1, 0.15) is 11.4 Å². The maximum atomic E-state index is 12.3. The number of aromatic amines is 1. The zero-order chi connectivity index (χ0) is 11.8. The molecular weight excluding hydrogens is 221 g/mol. The van der Waals surface area contributed by atoms with Gasteiger partial charge in [-0.1, -0.05) is 0 Å². The number of benzene rings is 1. The quantitative estimate of drug-likeness (QED) is 0.788. The molecule has 0 radical (unpaired) electrons. The molecule has 0 aliphatic carbocycles. The number of nitrogens with one attached hydrogen (secondary N) is 1. The van der Waals surface area contributed by atoms with Gasteiger partial charge in [-0.15, -0.1) is 0 Å². The van der Waals surface area contributed by atoms with Gasteiger partial charge in [0.2, 0.25) is 0 Å². The first-order valence-electron chi connectivity index (χ1n) is 4.39. The second-order valence-corrected chi connectivity index (χ2v) is 3.21. The van der Waals surface area contributed by atoms with Gasteiger partial charge in [0, 0.05) is 5.56 Å². The summed E-state index contributed by atoms with van der Waals surface area (Å²) in [4.78, 5) is 0. The molecule has 16 heavy (non-hydrogen) atoms. The van der Waals surface area contributed by atoms with Crippen LogP contribution in [-0.2, 0) is 6.18 Å². The third-order valence-electron chi connectivity index (χ3n) is 2.05. The second-order valence-electron chi connectivity index (χ2n) is 3.21. The fourth-order valence-corrected chi connectivity index (χ4v) is 1.25. The van der Waals surface area contributed by atoms with Crippen LogP contribution >= 0.6 is 0 Å². The number of rotatable bonds is 1. The van der Waals surface area contributed by atoms with Crippen molar-refractivity contribution in [1.82, 2.24) is 10.2 Å². The molecule has 0 unspecified atom stereocenters. The van der Waals surface area contributed by atoms with Crippen LogP contribution < -0.4 is 0 Å². The number of nitrogens with zero attached hydrogens (tertiary/aromatic N) is 1. The molecule has 0 saturated heterocycles.